The van der Waals surface area contributed by atoms with Gasteiger partial charge in [-0.3, -0.25) is 0 Å². The maximum absolute atomic E-state index is 6.19. The molecule has 0 N–H and O–H groups in total. The number of halogens is 1. The molecule has 1 fully saturated rings. The van der Waals surface area contributed by atoms with Gasteiger partial charge in [-0.05, 0) is 24.1 Å². The summed E-state index contributed by atoms with van der Waals surface area (Å²) in [4.78, 5) is 4.09. The second-order valence-electron chi connectivity index (χ2n) is 5.78. The molecule has 23 heavy (non-hydrogen) atoms. The molecule has 5 nitrogen and oxygen atoms in total. The Hall–Kier alpha value is -1.40. The predicted octanol–water partition coefficient (Wildman–Crippen LogP) is 2.93. The van der Waals surface area contributed by atoms with Crippen LogP contribution in [0.25, 0.3) is 0 Å². The number of aromatic nitrogens is 2. The Bertz CT molecular complexity index is 603. The molecule has 1 aromatic carbocycles. The molecule has 2 heterocycles. The number of ether oxygens (including phenoxy) is 3. The molecule has 0 radical (unpaired) electrons. The fourth-order valence-corrected chi connectivity index (χ4v) is 2.95. The van der Waals surface area contributed by atoms with E-state index >= 15 is 0 Å². The Morgan fingerprint density at radius 1 is 1.39 bits per heavy atom. The van der Waals surface area contributed by atoms with Crippen molar-refractivity contribution in [2.75, 3.05) is 20.3 Å². The third-order valence-corrected chi connectivity index (χ3v) is 4.21. The minimum Gasteiger partial charge on any atom is -0.382 e. The summed E-state index contributed by atoms with van der Waals surface area (Å²) in [5.74, 6) is -0.649. The van der Waals surface area contributed by atoms with E-state index in [1.54, 1.807) is 19.6 Å². The van der Waals surface area contributed by atoms with Crippen LogP contribution in [0.5, 0.6) is 0 Å². The maximum atomic E-state index is 6.19. The fraction of sp³-hybridized carbons (Fsp3) is 0.471. The lowest BCUT2D eigenvalue weighted by Crippen LogP contribution is -2.37. The average molecular weight is 337 g/mol. The zero-order valence-corrected chi connectivity index (χ0v) is 13.9. The van der Waals surface area contributed by atoms with Crippen LogP contribution in [0.15, 0.2) is 43.0 Å². The number of benzene rings is 1. The monoisotopic (exact) mass is 336 g/mol. The van der Waals surface area contributed by atoms with E-state index in [2.05, 4.69) is 4.98 Å². The van der Waals surface area contributed by atoms with Crippen LogP contribution in [0.3, 0.4) is 0 Å². The minimum atomic E-state index is -0.649. The van der Waals surface area contributed by atoms with Crippen LogP contribution in [0.2, 0.25) is 5.02 Å². The van der Waals surface area contributed by atoms with Gasteiger partial charge >= 0.3 is 0 Å². The van der Waals surface area contributed by atoms with E-state index in [1.165, 1.54) is 5.56 Å². The van der Waals surface area contributed by atoms with Crippen LogP contribution in [-0.2, 0) is 27.2 Å². The first-order valence-electron chi connectivity index (χ1n) is 7.70. The number of hydrogen-bond acceptors (Lipinski definition) is 4. The smallest absolute Gasteiger partial charge is 0.187 e. The van der Waals surface area contributed by atoms with Gasteiger partial charge in [-0.2, -0.15) is 0 Å². The Kier molecular flexibility index (Phi) is 5.33. The first kappa shape index (κ1) is 16.5. The SMILES string of the molecule is COC[C@H]1CO[C@@](CCc2ccc(Cl)cc2)(Cn2ccnc2)O1. The lowest BCUT2D eigenvalue weighted by Gasteiger charge is -2.28. The summed E-state index contributed by atoms with van der Waals surface area (Å²) in [6.07, 6.45) is 7.03. The maximum Gasteiger partial charge on any atom is 0.187 e. The molecular formula is C17H21ClN2O3. The van der Waals surface area contributed by atoms with E-state index < -0.39 is 5.79 Å². The van der Waals surface area contributed by atoms with Gasteiger partial charge in [0, 0.05) is 30.9 Å². The Morgan fingerprint density at radius 3 is 2.91 bits per heavy atom. The van der Waals surface area contributed by atoms with E-state index in [4.69, 9.17) is 25.8 Å². The van der Waals surface area contributed by atoms with Crippen molar-refractivity contribution in [3.05, 3.63) is 53.6 Å². The number of imidazole rings is 1. The third kappa shape index (κ3) is 4.32. The molecule has 0 amide bonds. The molecule has 0 aliphatic carbocycles. The van der Waals surface area contributed by atoms with E-state index in [1.807, 2.05) is 35.0 Å². The molecule has 2 aromatic rings. The lowest BCUT2D eigenvalue weighted by molar-refractivity contribution is -0.185. The molecular weight excluding hydrogens is 316 g/mol. The van der Waals surface area contributed by atoms with Gasteiger partial charge in [0.15, 0.2) is 5.79 Å². The molecule has 1 saturated heterocycles. The molecule has 0 unspecified atom stereocenters. The van der Waals surface area contributed by atoms with Crippen molar-refractivity contribution in [2.24, 2.45) is 0 Å². The van der Waals surface area contributed by atoms with Gasteiger partial charge in [0.2, 0.25) is 0 Å². The highest BCUT2D eigenvalue weighted by atomic mass is 35.5. The summed E-state index contributed by atoms with van der Waals surface area (Å²) in [6, 6.07) is 7.89. The molecule has 0 spiro atoms. The fourth-order valence-electron chi connectivity index (χ4n) is 2.82. The highest BCUT2D eigenvalue weighted by Gasteiger charge is 2.41. The van der Waals surface area contributed by atoms with Gasteiger partial charge in [0.25, 0.3) is 0 Å². The molecule has 2 atom stereocenters. The predicted molar refractivity (Wildman–Crippen MR) is 87.4 cm³/mol. The lowest BCUT2D eigenvalue weighted by atomic mass is 10.0. The van der Waals surface area contributed by atoms with Gasteiger partial charge in [-0.15, -0.1) is 0 Å². The summed E-state index contributed by atoms with van der Waals surface area (Å²) in [5.41, 5.74) is 1.21. The number of hydrogen-bond donors (Lipinski definition) is 0. The van der Waals surface area contributed by atoms with E-state index in [-0.39, 0.29) is 6.10 Å². The van der Waals surface area contributed by atoms with Crippen molar-refractivity contribution in [1.82, 2.24) is 9.55 Å². The van der Waals surface area contributed by atoms with Crippen molar-refractivity contribution in [3.63, 3.8) is 0 Å². The molecule has 0 bridgehead atoms. The standard InChI is InChI=1S/C17H21ClN2O3/c1-21-10-16-11-22-17(23-16,12-20-9-8-19-13-20)7-6-14-2-4-15(18)5-3-14/h2-5,8-9,13,16H,6-7,10-12H2,1H3/t16-,17+/m0/s1. The average Bonchev–Trinajstić information content (AvgIpc) is 3.18. The normalized spacial score (nSPS) is 24.2. The second kappa shape index (κ2) is 7.45. The van der Waals surface area contributed by atoms with Crippen LogP contribution in [0.4, 0.5) is 0 Å². The van der Waals surface area contributed by atoms with Crippen molar-refractivity contribution >= 4 is 11.6 Å². The van der Waals surface area contributed by atoms with Crippen LogP contribution >= 0.6 is 11.6 Å². The number of methoxy groups -OCH3 is 1. The molecule has 1 aromatic heterocycles. The van der Waals surface area contributed by atoms with Gasteiger partial charge in [0.1, 0.15) is 6.10 Å². The largest absolute Gasteiger partial charge is 0.382 e. The number of rotatable bonds is 7. The highest BCUT2D eigenvalue weighted by Crippen LogP contribution is 2.31. The Morgan fingerprint density at radius 2 is 2.22 bits per heavy atom. The van der Waals surface area contributed by atoms with Crippen molar-refractivity contribution < 1.29 is 14.2 Å². The summed E-state index contributed by atoms with van der Waals surface area (Å²) in [5, 5.41) is 0.746. The first-order valence-corrected chi connectivity index (χ1v) is 8.08. The molecule has 1 aliphatic heterocycles. The highest BCUT2D eigenvalue weighted by molar-refractivity contribution is 6.30. The molecule has 3 rings (SSSR count). The molecule has 1 aliphatic rings. The van der Waals surface area contributed by atoms with E-state index in [9.17, 15) is 0 Å². The summed E-state index contributed by atoms with van der Waals surface area (Å²) >= 11 is 5.94. The van der Waals surface area contributed by atoms with Crippen molar-refractivity contribution in [2.45, 2.75) is 31.3 Å². The molecule has 0 saturated carbocycles. The summed E-state index contributed by atoms with van der Waals surface area (Å²) < 4.78 is 19.4. The molecule has 6 heteroatoms. The van der Waals surface area contributed by atoms with Gasteiger partial charge in [0.05, 0.1) is 26.1 Å². The quantitative estimate of drug-likeness (QED) is 0.780. The topological polar surface area (TPSA) is 45.5 Å². The minimum absolute atomic E-state index is 0.0336. The molecule has 124 valence electrons. The van der Waals surface area contributed by atoms with E-state index in [0.717, 1.165) is 17.9 Å². The van der Waals surface area contributed by atoms with Crippen LogP contribution in [0, 0.1) is 0 Å². The van der Waals surface area contributed by atoms with Crippen molar-refractivity contribution in [3.8, 4) is 0 Å². The van der Waals surface area contributed by atoms with Gasteiger partial charge in [-0.25, -0.2) is 4.98 Å². The number of aryl methyl sites for hydroxylation is 1. The zero-order valence-electron chi connectivity index (χ0n) is 13.2. The Balaban J connectivity index is 1.69. The Labute approximate surface area is 141 Å². The van der Waals surface area contributed by atoms with Gasteiger partial charge in [-0.1, -0.05) is 23.7 Å². The number of nitrogens with zero attached hydrogens (tertiary/aromatic N) is 2. The summed E-state index contributed by atoms with van der Waals surface area (Å²) in [6.45, 7) is 1.69. The van der Waals surface area contributed by atoms with Crippen LogP contribution in [-0.4, -0.2) is 41.8 Å². The van der Waals surface area contributed by atoms with Crippen LogP contribution in [0.1, 0.15) is 12.0 Å². The summed E-state index contributed by atoms with van der Waals surface area (Å²) in [7, 11) is 1.67. The third-order valence-electron chi connectivity index (χ3n) is 3.96. The second-order valence-corrected chi connectivity index (χ2v) is 6.21. The van der Waals surface area contributed by atoms with Crippen LogP contribution < -0.4 is 0 Å². The first-order chi connectivity index (χ1) is 11.2. The van der Waals surface area contributed by atoms with E-state index in [0.29, 0.717) is 19.8 Å². The van der Waals surface area contributed by atoms with Gasteiger partial charge < -0.3 is 18.8 Å². The zero-order chi connectivity index (χ0) is 16.1. The van der Waals surface area contributed by atoms with Crippen molar-refractivity contribution in [1.29, 1.82) is 0 Å².